The number of carbonyl (C=O) groups excluding carboxylic acids is 2. The Labute approximate surface area is 144 Å². The van der Waals surface area contributed by atoms with Crippen LogP contribution in [0.5, 0.6) is 0 Å². The minimum atomic E-state index is -0.476. The zero-order chi connectivity index (χ0) is 17.5. The van der Waals surface area contributed by atoms with E-state index in [-0.39, 0.29) is 17.5 Å². The first-order valence-corrected chi connectivity index (χ1v) is 9.68. The van der Waals surface area contributed by atoms with Gasteiger partial charge in [0.2, 0.25) is 0 Å². The number of hydrogen-bond acceptors (Lipinski definition) is 2. The van der Waals surface area contributed by atoms with Gasteiger partial charge < -0.3 is 0 Å². The molecule has 2 heteroatoms. The number of unbranched alkanes of at least 4 members (excludes halogenated alkanes) is 10. The van der Waals surface area contributed by atoms with E-state index in [2.05, 4.69) is 13.5 Å². The maximum atomic E-state index is 11.6. The summed E-state index contributed by atoms with van der Waals surface area (Å²) in [6, 6.07) is 0. The fourth-order valence-corrected chi connectivity index (χ4v) is 3.35. The van der Waals surface area contributed by atoms with Crippen LogP contribution in [0, 0.1) is 11.8 Å². The molecule has 0 unspecified atom stereocenters. The Balaban J connectivity index is 3.67. The maximum Gasteiger partial charge on any atom is 0.140 e. The normalized spacial score (nSPS) is 12.3. The van der Waals surface area contributed by atoms with Crippen molar-refractivity contribution < 1.29 is 9.59 Å². The van der Waals surface area contributed by atoms with Gasteiger partial charge in [-0.05, 0) is 26.2 Å². The zero-order valence-electron chi connectivity index (χ0n) is 15.7. The quantitative estimate of drug-likeness (QED) is 0.190. The van der Waals surface area contributed by atoms with E-state index in [0.717, 1.165) is 12.8 Å². The molecule has 0 aliphatic rings. The van der Waals surface area contributed by atoms with Crippen LogP contribution in [0.3, 0.4) is 0 Å². The van der Waals surface area contributed by atoms with Crippen LogP contribution in [0.15, 0.2) is 12.7 Å². The molecule has 0 amide bonds. The Hall–Kier alpha value is -0.920. The molecule has 1 atom stereocenters. The van der Waals surface area contributed by atoms with E-state index in [0.29, 0.717) is 0 Å². The smallest absolute Gasteiger partial charge is 0.140 e. The van der Waals surface area contributed by atoms with Crippen molar-refractivity contribution in [1.29, 1.82) is 0 Å². The van der Waals surface area contributed by atoms with Crippen LogP contribution in [-0.4, -0.2) is 11.6 Å². The summed E-state index contributed by atoms with van der Waals surface area (Å²) in [6.07, 6.45) is 17.2. The van der Waals surface area contributed by atoms with E-state index >= 15 is 0 Å². The van der Waals surface area contributed by atoms with Gasteiger partial charge >= 0.3 is 0 Å². The summed E-state index contributed by atoms with van der Waals surface area (Å²) in [6.45, 7) is 9.10. The highest BCUT2D eigenvalue weighted by atomic mass is 16.1. The van der Waals surface area contributed by atoms with Gasteiger partial charge in [-0.3, -0.25) is 9.59 Å². The van der Waals surface area contributed by atoms with Gasteiger partial charge in [-0.1, -0.05) is 83.6 Å². The Kier molecular flexibility index (Phi) is 14.1. The van der Waals surface area contributed by atoms with Crippen LogP contribution in [0.2, 0.25) is 0 Å². The molecule has 0 rings (SSSR count). The Morgan fingerprint density at radius 2 is 1.17 bits per heavy atom. The van der Waals surface area contributed by atoms with Gasteiger partial charge in [0, 0.05) is 0 Å². The van der Waals surface area contributed by atoms with Gasteiger partial charge in [-0.2, -0.15) is 0 Å². The van der Waals surface area contributed by atoms with E-state index in [1.54, 1.807) is 6.08 Å². The fourth-order valence-electron chi connectivity index (χ4n) is 3.35. The van der Waals surface area contributed by atoms with Crippen molar-refractivity contribution in [2.75, 3.05) is 0 Å². The average Bonchev–Trinajstić information content (AvgIpc) is 2.50. The number of allylic oxidation sites excluding steroid dienone is 1. The zero-order valence-corrected chi connectivity index (χ0v) is 15.7. The third-order valence-electron chi connectivity index (χ3n) is 4.75. The Morgan fingerprint density at radius 3 is 1.52 bits per heavy atom. The third-order valence-corrected chi connectivity index (χ3v) is 4.75. The minimum absolute atomic E-state index is 0.0172. The SMILES string of the molecule is C=C[C@@H](CCCCCCCCCCCCC)C(C(C)=O)C(C)=O. The second kappa shape index (κ2) is 14.7. The van der Waals surface area contributed by atoms with Crippen LogP contribution in [0.4, 0.5) is 0 Å². The molecule has 0 radical (unpaired) electrons. The highest BCUT2D eigenvalue weighted by Gasteiger charge is 2.26. The highest BCUT2D eigenvalue weighted by Crippen LogP contribution is 2.23. The first-order chi connectivity index (χ1) is 11.0. The number of ketones is 2. The van der Waals surface area contributed by atoms with Crippen LogP contribution < -0.4 is 0 Å². The van der Waals surface area contributed by atoms with Gasteiger partial charge in [-0.15, -0.1) is 6.58 Å². The summed E-state index contributed by atoms with van der Waals surface area (Å²) < 4.78 is 0. The minimum Gasteiger partial charge on any atom is -0.299 e. The van der Waals surface area contributed by atoms with E-state index in [1.165, 1.54) is 78.1 Å². The van der Waals surface area contributed by atoms with Crippen LogP contribution in [0.25, 0.3) is 0 Å². The van der Waals surface area contributed by atoms with Gasteiger partial charge in [0.1, 0.15) is 11.6 Å². The largest absolute Gasteiger partial charge is 0.299 e. The van der Waals surface area contributed by atoms with Crippen molar-refractivity contribution >= 4 is 11.6 Å². The molecule has 0 aromatic heterocycles. The van der Waals surface area contributed by atoms with Crippen molar-refractivity contribution in [3.05, 3.63) is 12.7 Å². The number of Topliss-reactive ketones (excluding diaryl/α,β-unsaturated/α-hetero) is 2. The van der Waals surface area contributed by atoms with Crippen molar-refractivity contribution in [2.24, 2.45) is 11.8 Å². The van der Waals surface area contributed by atoms with Crippen LogP contribution in [0.1, 0.15) is 97.8 Å². The molecule has 23 heavy (non-hydrogen) atoms. The summed E-state index contributed by atoms with van der Waals surface area (Å²) in [5, 5.41) is 0. The van der Waals surface area contributed by atoms with Gasteiger partial charge in [0.25, 0.3) is 0 Å². The topological polar surface area (TPSA) is 34.1 Å². The lowest BCUT2D eigenvalue weighted by Crippen LogP contribution is -2.27. The molecule has 0 aliphatic carbocycles. The van der Waals surface area contributed by atoms with Crippen molar-refractivity contribution in [1.82, 2.24) is 0 Å². The summed E-state index contributed by atoms with van der Waals surface area (Å²) in [5.74, 6) is -0.505. The van der Waals surface area contributed by atoms with E-state index in [1.807, 2.05) is 0 Å². The molecule has 2 nitrogen and oxygen atoms in total. The van der Waals surface area contributed by atoms with Crippen molar-refractivity contribution in [2.45, 2.75) is 97.8 Å². The molecular formula is C21H38O2. The van der Waals surface area contributed by atoms with Gasteiger partial charge in [0.05, 0.1) is 5.92 Å². The van der Waals surface area contributed by atoms with E-state index in [9.17, 15) is 9.59 Å². The number of carbonyl (C=O) groups is 2. The lowest BCUT2D eigenvalue weighted by atomic mass is 9.82. The molecule has 0 aromatic carbocycles. The third kappa shape index (κ3) is 11.3. The second-order valence-electron chi connectivity index (χ2n) is 6.92. The molecule has 0 N–H and O–H groups in total. The molecule has 0 spiro atoms. The second-order valence-corrected chi connectivity index (χ2v) is 6.92. The molecule has 0 bridgehead atoms. The molecule has 0 saturated carbocycles. The maximum absolute atomic E-state index is 11.6. The summed E-state index contributed by atoms with van der Waals surface area (Å²) in [4.78, 5) is 23.2. The van der Waals surface area contributed by atoms with Crippen LogP contribution in [-0.2, 0) is 9.59 Å². The predicted molar refractivity (Wildman–Crippen MR) is 99.6 cm³/mol. The molecule has 0 aromatic rings. The fraction of sp³-hybridized carbons (Fsp3) is 0.810. The summed E-state index contributed by atoms with van der Waals surface area (Å²) in [5.41, 5.74) is 0. The molecule has 0 aliphatic heterocycles. The highest BCUT2D eigenvalue weighted by molar-refractivity contribution is 6.00. The monoisotopic (exact) mass is 322 g/mol. The lowest BCUT2D eigenvalue weighted by molar-refractivity contribution is -0.132. The first kappa shape index (κ1) is 22.1. The van der Waals surface area contributed by atoms with E-state index in [4.69, 9.17) is 0 Å². The Morgan fingerprint density at radius 1 is 0.783 bits per heavy atom. The molecular weight excluding hydrogens is 284 g/mol. The van der Waals surface area contributed by atoms with Crippen molar-refractivity contribution in [3.8, 4) is 0 Å². The summed E-state index contributed by atoms with van der Waals surface area (Å²) in [7, 11) is 0. The standard InChI is InChI=1S/C21H38O2/c1-5-7-8-9-10-11-12-13-14-15-16-17-20(6-2)21(18(3)22)19(4)23/h6,20-21H,2,5,7-17H2,1,3-4H3/t20-/m0/s1. The average molecular weight is 323 g/mol. The molecule has 0 fully saturated rings. The van der Waals surface area contributed by atoms with E-state index < -0.39 is 5.92 Å². The number of rotatable bonds is 16. The van der Waals surface area contributed by atoms with Gasteiger partial charge in [-0.25, -0.2) is 0 Å². The first-order valence-electron chi connectivity index (χ1n) is 9.68. The molecule has 0 saturated heterocycles. The Bertz CT molecular complexity index is 319. The molecule has 0 heterocycles. The van der Waals surface area contributed by atoms with Crippen molar-refractivity contribution in [3.63, 3.8) is 0 Å². The molecule has 134 valence electrons. The van der Waals surface area contributed by atoms with Gasteiger partial charge in [0.15, 0.2) is 0 Å². The van der Waals surface area contributed by atoms with Crippen LogP contribution >= 0.6 is 0 Å². The number of hydrogen-bond donors (Lipinski definition) is 0. The summed E-state index contributed by atoms with van der Waals surface area (Å²) >= 11 is 0. The lowest BCUT2D eigenvalue weighted by Gasteiger charge is -2.19. The predicted octanol–water partition coefficient (Wildman–Crippen LogP) is 6.28.